The number of benzene rings is 1. The lowest BCUT2D eigenvalue weighted by atomic mass is 10.0. The van der Waals surface area contributed by atoms with Gasteiger partial charge in [0.2, 0.25) is 11.8 Å². The zero-order valence-electron chi connectivity index (χ0n) is 18.1. The average Bonchev–Trinajstić information content (AvgIpc) is 2.83. The van der Waals surface area contributed by atoms with Gasteiger partial charge in [0.05, 0.1) is 18.5 Å². The molecule has 3 aromatic rings. The van der Waals surface area contributed by atoms with Crippen LogP contribution in [0.3, 0.4) is 0 Å². The molecule has 0 saturated carbocycles. The number of carbonyl (C=O) groups excluding carboxylic acids is 2. The van der Waals surface area contributed by atoms with E-state index in [0.29, 0.717) is 17.9 Å². The van der Waals surface area contributed by atoms with Crippen molar-refractivity contribution in [2.24, 2.45) is 0 Å². The molecule has 0 saturated heterocycles. The summed E-state index contributed by atoms with van der Waals surface area (Å²) in [6.45, 7) is 1.64. The minimum absolute atomic E-state index is 0.0492. The van der Waals surface area contributed by atoms with Crippen LogP contribution in [0.5, 0.6) is 5.88 Å². The third-order valence-corrected chi connectivity index (χ3v) is 5.11. The standard InChI is InChI=1S/C24H23F2N3O3/c1-4-22(31)29(2)19-10-8-17(23(25)24(19)26)18-9-7-16(14-27-18)20(30)11-5-15-6-12-21(32-3)28-13-15/h6-10,12-14H,4-5,11H2,1-3H3. The number of Topliss-reactive ketones (excluding diaryl/α,β-unsaturated/α-hetero) is 1. The van der Waals surface area contributed by atoms with Crippen molar-refractivity contribution in [3.63, 3.8) is 0 Å². The third-order valence-electron chi connectivity index (χ3n) is 5.11. The predicted molar refractivity (Wildman–Crippen MR) is 117 cm³/mol. The number of rotatable bonds is 8. The Morgan fingerprint density at radius 1 is 1.00 bits per heavy atom. The van der Waals surface area contributed by atoms with E-state index < -0.39 is 11.6 Å². The molecule has 166 valence electrons. The Morgan fingerprint density at radius 2 is 1.78 bits per heavy atom. The molecule has 0 N–H and O–H groups in total. The minimum Gasteiger partial charge on any atom is -0.481 e. The van der Waals surface area contributed by atoms with E-state index >= 15 is 0 Å². The highest BCUT2D eigenvalue weighted by Gasteiger charge is 2.20. The maximum Gasteiger partial charge on any atom is 0.226 e. The Bertz CT molecular complexity index is 1120. The maximum atomic E-state index is 14.7. The molecule has 0 aliphatic carbocycles. The summed E-state index contributed by atoms with van der Waals surface area (Å²) in [6, 6.07) is 9.28. The lowest BCUT2D eigenvalue weighted by Crippen LogP contribution is -2.26. The van der Waals surface area contributed by atoms with E-state index in [0.717, 1.165) is 10.5 Å². The summed E-state index contributed by atoms with van der Waals surface area (Å²) in [5.41, 5.74) is 1.27. The molecule has 2 aromatic heterocycles. The first kappa shape index (κ1) is 23.0. The minimum atomic E-state index is -1.12. The number of carbonyl (C=O) groups is 2. The fourth-order valence-corrected chi connectivity index (χ4v) is 3.17. The molecule has 0 fully saturated rings. The van der Waals surface area contributed by atoms with Gasteiger partial charge in [-0.15, -0.1) is 0 Å². The number of halogens is 2. The second-order valence-corrected chi connectivity index (χ2v) is 7.13. The second kappa shape index (κ2) is 10.1. The molecular weight excluding hydrogens is 416 g/mol. The number of pyridine rings is 2. The Labute approximate surface area is 184 Å². The number of hydrogen-bond acceptors (Lipinski definition) is 5. The first-order valence-corrected chi connectivity index (χ1v) is 10.1. The van der Waals surface area contributed by atoms with E-state index in [1.165, 1.54) is 44.6 Å². The molecule has 1 aromatic carbocycles. The van der Waals surface area contributed by atoms with Crippen LogP contribution >= 0.6 is 0 Å². The summed E-state index contributed by atoms with van der Waals surface area (Å²) in [5, 5.41) is 0. The van der Waals surface area contributed by atoms with Crippen molar-refractivity contribution < 1.29 is 23.1 Å². The lowest BCUT2D eigenvalue weighted by Gasteiger charge is -2.18. The number of nitrogens with zero attached hydrogens (tertiary/aromatic N) is 3. The van der Waals surface area contributed by atoms with Gasteiger partial charge < -0.3 is 9.64 Å². The molecule has 3 rings (SSSR count). The number of ether oxygens (including phenoxy) is 1. The van der Waals surface area contributed by atoms with Crippen molar-refractivity contribution in [2.45, 2.75) is 26.2 Å². The van der Waals surface area contributed by atoms with Gasteiger partial charge in [-0.3, -0.25) is 14.6 Å². The van der Waals surface area contributed by atoms with Crippen LogP contribution in [0.25, 0.3) is 11.3 Å². The summed E-state index contributed by atoms with van der Waals surface area (Å²) < 4.78 is 34.2. The third kappa shape index (κ3) is 4.96. The van der Waals surface area contributed by atoms with Crippen molar-refractivity contribution in [1.29, 1.82) is 0 Å². The number of aryl methyl sites for hydroxylation is 1. The molecule has 8 heteroatoms. The van der Waals surface area contributed by atoms with Crippen molar-refractivity contribution in [3.05, 3.63) is 71.6 Å². The smallest absolute Gasteiger partial charge is 0.226 e. The number of ketones is 1. The summed E-state index contributed by atoms with van der Waals surface area (Å²) >= 11 is 0. The monoisotopic (exact) mass is 439 g/mol. The topological polar surface area (TPSA) is 72.4 Å². The van der Waals surface area contributed by atoms with Crippen molar-refractivity contribution >= 4 is 17.4 Å². The lowest BCUT2D eigenvalue weighted by molar-refractivity contribution is -0.118. The molecule has 0 radical (unpaired) electrons. The number of hydrogen-bond donors (Lipinski definition) is 0. The fraction of sp³-hybridized carbons (Fsp3) is 0.250. The number of methoxy groups -OCH3 is 1. The summed E-state index contributed by atoms with van der Waals surface area (Å²) in [4.78, 5) is 33.6. The van der Waals surface area contributed by atoms with Crippen LogP contribution in [0.1, 0.15) is 35.7 Å². The largest absolute Gasteiger partial charge is 0.481 e. The molecule has 0 spiro atoms. The molecule has 0 aliphatic heterocycles. The van der Waals surface area contributed by atoms with Gasteiger partial charge in [0.25, 0.3) is 0 Å². The predicted octanol–water partition coefficient (Wildman–Crippen LogP) is 4.62. The zero-order valence-corrected chi connectivity index (χ0v) is 18.1. The highest BCUT2D eigenvalue weighted by Crippen LogP contribution is 2.29. The van der Waals surface area contributed by atoms with Crippen LogP contribution in [-0.4, -0.2) is 35.8 Å². The molecule has 0 unspecified atom stereocenters. The highest BCUT2D eigenvalue weighted by molar-refractivity contribution is 5.96. The SMILES string of the molecule is CCC(=O)N(C)c1ccc(-c2ccc(C(=O)CCc3ccc(OC)nc3)cn2)c(F)c1F. The summed E-state index contributed by atoms with van der Waals surface area (Å²) in [5.74, 6) is -2.18. The van der Waals surface area contributed by atoms with Gasteiger partial charge in [-0.2, -0.15) is 0 Å². The summed E-state index contributed by atoms with van der Waals surface area (Å²) in [6.07, 6.45) is 3.93. The number of amides is 1. The van der Waals surface area contributed by atoms with Crippen LogP contribution in [0, 0.1) is 11.6 Å². The van der Waals surface area contributed by atoms with Crippen LogP contribution in [-0.2, 0) is 11.2 Å². The molecule has 0 bridgehead atoms. The summed E-state index contributed by atoms with van der Waals surface area (Å²) in [7, 11) is 2.92. The van der Waals surface area contributed by atoms with E-state index in [4.69, 9.17) is 4.74 Å². The van der Waals surface area contributed by atoms with Crippen LogP contribution in [0.15, 0.2) is 48.8 Å². The van der Waals surface area contributed by atoms with Gasteiger partial charge in [-0.25, -0.2) is 13.8 Å². The Balaban J connectivity index is 1.72. The molecule has 0 aliphatic rings. The quantitative estimate of drug-likeness (QED) is 0.479. The van der Waals surface area contributed by atoms with Gasteiger partial charge in [0, 0.05) is 49.5 Å². The van der Waals surface area contributed by atoms with Gasteiger partial charge in [-0.1, -0.05) is 13.0 Å². The van der Waals surface area contributed by atoms with E-state index in [9.17, 15) is 18.4 Å². The average molecular weight is 439 g/mol. The van der Waals surface area contributed by atoms with E-state index in [1.807, 2.05) is 6.07 Å². The van der Waals surface area contributed by atoms with E-state index in [2.05, 4.69) is 9.97 Å². The van der Waals surface area contributed by atoms with Gasteiger partial charge in [0.15, 0.2) is 17.4 Å². The van der Waals surface area contributed by atoms with Crippen LogP contribution in [0.4, 0.5) is 14.5 Å². The molecule has 6 nitrogen and oxygen atoms in total. The normalized spacial score (nSPS) is 10.7. The number of anilines is 1. The number of aromatic nitrogens is 2. The van der Waals surface area contributed by atoms with Crippen molar-refractivity contribution in [3.8, 4) is 17.1 Å². The first-order valence-electron chi connectivity index (χ1n) is 10.1. The zero-order chi connectivity index (χ0) is 23.3. The fourth-order valence-electron chi connectivity index (χ4n) is 3.17. The Kier molecular flexibility index (Phi) is 7.25. The van der Waals surface area contributed by atoms with Crippen LogP contribution < -0.4 is 9.64 Å². The van der Waals surface area contributed by atoms with E-state index in [-0.39, 0.29) is 41.5 Å². The molecule has 0 atom stereocenters. The molecule has 32 heavy (non-hydrogen) atoms. The highest BCUT2D eigenvalue weighted by atomic mass is 19.2. The first-order chi connectivity index (χ1) is 15.3. The van der Waals surface area contributed by atoms with Gasteiger partial charge >= 0.3 is 0 Å². The van der Waals surface area contributed by atoms with E-state index in [1.54, 1.807) is 19.2 Å². The van der Waals surface area contributed by atoms with Crippen LogP contribution in [0.2, 0.25) is 0 Å². The molecule has 2 heterocycles. The molecular formula is C24H23F2N3O3. The second-order valence-electron chi connectivity index (χ2n) is 7.13. The maximum absolute atomic E-state index is 14.7. The van der Waals surface area contributed by atoms with Gasteiger partial charge in [-0.05, 0) is 36.2 Å². The van der Waals surface area contributed by atoms with Crippen molar-refractivity contribution in [1.82, 2.24) is 9.97 Å². The Morgan fingerprint density at radius 3 is 2.38 bits per heavy atom. The Hall–Kier alpha value is -3.68. The van der Waals surface area contributed by atoms with Gasteiger partial charge in [0.1, 0.15) is 0 Å². The molecule has 1 amide bonds. The van der Waals surface area contributed by atoms with Crippen molar-refractivity contribution in [2.75, 3.05) is 19.1 Å².